The fraction of sp³-hybridized carbons (Fsp3) is 0.333. The van der Waals surface area contributed by atoms with Crippen LogP contribution in [0.1, 0.15) is 28.4 Å². The fourth-order valence-electron chi connectivity index (χ4n) is 3.04. The van der Waals surface area contributed by atoms with Gasteiger partial charge in [0.05, 0.1) is 45.9 Å². The van der Waals surface area contributed by atoms with E-state index in [1.54, 1.807) is 19.6 Å². The van der Waals surface area contributed by atoms with E-state index in [0.717, 1.165) is 16.9 Å². The van der Waals surface area contributed by atoms with Crippen molar-refractivity contribution in [3.05, 3.63) is 83.9 Å². The Labute approximate surface area is 183 Å². The number of carbonyl (C=O) groups is 1. The van der Waals surface area contributed by atoms with Gasteiger partial charge in [0.25, 0.3) is 5.91 Å². The van der Waals surface area contributed by atoms with Gasteiger partial charge in [-0.1, -0.05) is 24.3 Å². The topological polar surface area (TPSA) is 74.6 Å². The molecule has 1 amide bonds. The molecule has 0 aliphatic heterocycles. The third kappa shape index (κ3) is 7.24. The average Bonchev–Trinajstić information content (AvgIpc) is 3.31. The van der Waals surface area contributed by atoms with Gasteiger partial charge in [0.15, 0.2) is 0 Å². The zero-order valence-electron chi connectivity index (χ0n) is 18.0. The number of benzene rings is 2. The summed E-state index contributed by atoms with van der Waals surface area (Å²) >= 11 is 0. The Balaban J connectivity index is 1.53. The zero-order valence-corrected chi connectivity index (χ0v) is 18.0. The highest BCUT2D eigenvalue weighted by Crippen LogP contribution is 2.13. The Kier molecular flexibility index (Phi) is 8.63. The molecule has 0 aliphatic rings. The maximum Gasteiger partial charge on any atom is 0.251 e. The number of carbonyl (C=O) groups excluding carboxylic acids is 1. The van der Waals surface area contributed by atoms with Crippen molar-refractivity contribution in [2.24, 2.45) is 0 Å². The summed E-state index contributed by atoms with van der Waals surface area (Å²) in [5, 5.41) is 2.80. The standard InChI is InChI=1S/C24H29N3O4/c1-3-26-24(28)21-8-4-20(5-9-21)16-31-23(14-27-13-12-25-18-27)17-30-15-19-6-10-22(29-2)11-7-19/h4-13,18,23H,3,14-17H2,1-2H3,(H,26,28). The summed E-state index contributed by atoms with van der Waals surface area (Å²) < 4.78 is 19.2. The number of hydrogen-bond donors (Lipinski definition) is 1. The highest BCUT2D eigenvalue weighted by molar-refractivity contribution is 5.94. The molecule has 0 spiro atoms. The molecule has 1 heterocycles. The number of nitrogens with one attached hydrogen (secondary N) is 1. The van der Waals surface area contributed by atoms with Crippen LogP contribution in [-0.2, 0) is 29.2 Å². The van der Waals surface area contributed by atoms with E-state index in [2.05, 4.69) is 10.3 Å². The van der Waals surface area contributed by atoms with Crippen molar-refractivity contribution in [3.63, 3.8) is 0 Å². The molecule has 3 aromatic rings. The van der Waals surface area contributed by atoms with Crippen LogP contribution < -0.4 is 10.1 Å². The Bertz CT molecular complexity index is 909. The van der Waals surface area contributed by atoms with Gasteiger partial charge in [0.1, 0.15) is 5.75 Å². The van der Waals surface area contributed by atoms with Crippen LogP contribution in [0.15, 0.2) is 67.3 Å². The molecule has 3 rings (SSSR count). The van der Waals surface area contributed by atoms with Crippen LogP contribution in [0.3, 0.4) is 0 Å². The highest BCUT2D eigenvalue weighted by atomic mass is 16.5. The maximum atomic E-state index is 11.9. The van der Waals surface area contributed by atoms with Crippen molar-refractivity contribution >= 4 is 5.91 Å². The lowest BCUT2D eigenvalue weighted by Gasteiger charge is -2.19. The molecular formula is C24H29N3O4. The van der Waals surface area contributed by atoms with E-state index in [1.165, 1.54) is 0 Å². The Morgan fingerprint density at radius 1 is 1.06 bits per heavy atom. The lowest BCUT2D eigenvalue weighted by molar-refractivity contribution is -0.0372. The van der Waals surface area contributed by atoms with Crippen molar-refractivity contribution in [1.82, 2.24) is 14.9 Å². The molecule has 7 nitrogen and oxygen atoms in total. The molecular weight excluding hydrogens is 394 g/mol. The Hall–Kier alpha value is -3.16. The number of ether oxygens (including phenoxy) is 3. The largest absolute Gasteiger partial charge is 0.497 e. The monoisotopic (exact) mass is 423 g/mol. The molecule has 0 bridgehead atoms. The number of imidazole rings is 1. The third-order valence-electron chi connectivity index (χ3n) is 4.74. The quantitative estimate of drug-likeness (QED) is 0.483. The van der Waals surface area contributed by atoms with Crippen molar-refractivity contribution in [2.75, 3.05) is 20.3 Å². The van der Waals surface area contributed by atoms with Crippen LogP contribution in [0, 0.1) is 0 Å². The number of amides is 1. The first-order chi connectivity index (χ1) is 15.2. The number of methoxy groups -OCH3 is 1. The van der Waals surface area contributed by atoms with E-state index in [-0.39, 0.29) is 12.0 Å². The number of hydrogen-bond acceptors (Lipinski definition) is 5. The lowest BCUT2D eigenvalue weighted by Crippen LogP contribution is -2.25. The zero-order chi connectivity index (χ0) is 21.9. The molecule has 0 radical (unpaired) electrons. The predicted octanol–water partition coefficient (Wildman–Crippen LogP) is 3.44. The molecule has 164 valence electrons. The summed E-state index contributed by atoms with van der Waals surface area (Å²) in [4.78, 5) is 16.0. The molecule has 2 aromatic carbocycles. The van der Waals surface area contributed by atoms with Gasteiger partial charge in [-0.15, -0.1) is 0 Å². The number of nitrogens with zero attached hydrogens (tertiary/aromatic N) is 2. The van der Waals surface area contributed by atoms with Crippen LogP contribution in [-0.4, -0.2) is 41.8 Å². The Morgan fingerprint density at radius 2 is 1.77 bits per heavy atom. The minimum absolute atomic E-state index is 0.0696. The van der Waals surface area contributed by atoms with Crippen LogP contribution in [0.25, 0.3) is 0 Å². The predicted molar refractivity (Wildman–Crippen MR) is 118 cm³/mol. The van der Waals surface area contributed by atoms with Crippen LogP contribution in [0.2, 0.25) is 0 Å². The van der Waals surface area contributed by atoms with Gasteiger partial charge in [-0.2, -0.15) is 0 Å². The van der Waals surface area contributed by atoms with E-state index in [0.29, 0.717) is 38.5 Å². The SMILES string of the molecule is CCNC(=O)c1ccc(COC(COCc2ccc(OC)cc2)Cn2ccnc2)cc1. The molecule has 0 aliphatic carbocycles. The van der Waals surface area contributed by atoms with Crippen LogP contribution in [0.4, 0.5) is 0 Å². The van der Waals surface area contributed by atoms with Crippen LogP contribution >= 0.6 is 0 Å². The summed E-state index contributed by atoms with van der Waals surface area (Å²) in [6.07, 6.45) is 5.27. The normalized spacial score (nSPS) is 11.8. The van der Waals surface area contributed by atoms with Crippen molar-refractivity contribution < 1.29 is 19.0 Å². The van der Waals surface area contributed by atoms with Crippen molar-refractivity contribution in [3.8, 4) is 5.75 Å². The fourth-order valence-corrected chi connectivity index (χ4v) is 3.04. The maximum absolute atomic E-state index is 11.9. The van der Waals surface area contributed by atoms with Gasteiger partial charge in [0.2, 0.25) is 0 Å². The minimum atomic E-state index is -0.143. The summed E-state index contributed by atoms with van der Waals surface area (Å²) in [5.41, 5.74) is 2.71. The first-order valence-corrected chi connectivity index (χ1v) is 10.3. The molecule has 31 heavy (non-hydrogen) atoms. The second-order valence-corrected chi connectivity index (χ2v) is 7.11. The van der Waals surface area contributed by atoms with Gasteiger partial charge < -0.3 is 24.1 Å². The second-order valence-electron chi connectivity index (χ2n) is 7.11. The highest BCUT2D eigenvalue weighted by Gasteiger charge is 2.12. The van der Waals surface area contributed by atoms with Gasteiger partial charge in [-0.05, 0) is 42.3 Å². The number of aromatic nitrogens is 2. The molecule has 1 N–H and O–H groups in total. The average molecular weight is 424 g/mol. The minimum Gasteiger partial charge on any atom is -0.497 e. The van der Waals surface area contributed by atoms with E-state index >= 15 is 0 Å². The van der Waals surface area contributed by atoms with E-state index in [1.807, 2.05) is 66.2 Å². The Morgan fingerprint density at radius 3 is 2.42 bits per heavy atom. The third-order valence-corrected chi connectivity index (χ3v) is 4.74. The first kappa shape index (κ1) is 22.5. The van der Waals surface area contributed by atoms with Gasteiger partial charge in [-0.3, -0.25) is 4.79 Å². The first-order valence-electron chi connectivity index (χ1n) is 10.3. The lowest BCUT2D eigenvalue weighted by atomic mass is 10.1. The van der Waals surface area contributed by atoms with E-state index in [9.17, 15) is 4.79 Å². The molecule has 0 saturated carbocycles. The summed E-state index contributed by atoms with van der Waals surface area (Å²) in [6, 6.07) is 15.3. The molecule has 7 heteroatoms. The molecule has 0 fully saturated rings. The molecule has 1 unspecified atom stereocenters. The van der Waals surface area contributed by atoms with E-state index < -0.39 is 0 Å². The summed E-state index contributed by atoms with van der Waals surface area (Å²) in [6.45, 7) is 4.52. The summed E-state index contributed by atoms with van der Waals surface area (Å²) in [7, 11) is 1.65. The molecule has 0 saturated heterocycles. The molecule has 1 atom stereocenters. The van der Waals surface area contributed by atoms with Crippen LogP contribution in [0.5, 0.6) is 5.75 Å². The van der Waals surface area contributed by atoms with Crippen molar-refractivity contribution in [2.45, 2.75) is 32.8 Å². The second kappa shape index (κ2) is 11.9. The van der Waals surface area contributed by atoms with Gasteiger partial charge in [0, 0.05) is 24.5 Å². The molecule has 1 aromatic heterocycles. The van der Waals surface area contributed by atoms with Crippen molar-refractivity contribution in [1.29, 1.82) is 0 Å². The van der Waals surface area contributed by atoms with Gasteiger partial charge in [-0.25, -0.2) is 4.98 Å². The number of rotatable bonds is 12. The smallest absolute Gasteiger partial charge is 0.251 e. The summed E-state index contributed by atoms with van der Waals surface area (Å²) in [5.74, 6) is 0.753. The van der Waals surface area contributed by atoms with Gasteiger partial charge >= 0.3 is 0 Å². The van der Waals surface area contributed by atoms with E-state index in [4.69, 9.17) is 14.2 Å².